The van der Waals surface area contributed by atoms with Crippen LogP contribution in [-0.4, -0.2) is 31.3 Å². The molecule has 0 atom stereocenters. The quantitative estimate of drug-likeness (QED) is 0.447. The molecule has 2 aromatic carbocycles. The lowest BCUT2D eigenvalue weighted by atomic mass is 10.1. The molecule has 0 aliphatic heterocycles. The van der Waals surface area contributed by atoms with E-state index in [9.17, 15) is 14.4 Å². The Hall–Kier alpha value is -2.18. The highest BCUT2D eigenvalue weighted by Gasteiger charge is 2.16. The number of halogens is 2. The van der Waals surface area contributed by atoms with E-state index in [-0.39, 0.29) is 31.0 Å². The zero-order valence-electron chi connectivity index (χ0n) is 14.0. The average Bonchev–Trinajstić information content (AvgIpc) is 2.64. The number of hydrogen-bond acceptors (Lipinski definition) is 5. The van der Waals surface area contributed by atoms with Crippen LogP contribution in [0.25, 0.3) is 0 Å². The Bertz CT molecular complexity index is 817. The van der Waals surface area contributed by atoms with Gasteiger partial charge in [-0.2, -0.15) is 0 Å². The first-order valence-corrected chi connectivity index (χ1v) is 8.89. The molecular formula is C19H16BrClO5. The summed E-state index contributed by atoms with van der Waals surface area (Å²) >= 11 is 9.05. The second kappa shape index (κ2) is 9.50. The van der Waals surface area contributed by atoms with Gasteiger partial charge in [0, 0.05) is 21.5 Å². The third kappa shape index (κ3) is 5.68. The first-order chi connectivity index (χ1) is 12.4. The van der Waals surface area contributed by atoms with Crippen LogP contribution in [0.3, 0.4) is 0 Å². The molecule has 0 radical (unpaired) electrons. The first kappa shape index (κ1) is 20.1. The number of methoxy groups -OCH3 is 1. The van der Waals surface area contributed by atoms with Gasteiger partial charge < -0.3 is 9.47 Å². The van der Waals surface area contributed by atoms with Crippen LogP contribution in [0.1, 0.15) is 33.6 Å². The van der Waals surface area contributed by atoms with E-state index in [1.165, 1.54) is 7.11 Å². The Kier molecular flexibility index (Phi) is 7.36. The third-order valence-corrected chi connectivity index (χ3v) is 4.29. The van der Waals surface area contributed by atoms with E-state index in [0.717, 1.165) is 4.47 Å². The van der Waals surface area contributed by atoms with Crippen molar-refractivity contribution in [3.8, 4) is 5.75 Å². The highest BCUT2D eigenvalue weighted by atomic mass is 79.9. The molecule has 5 nitrogen and oxygen atoms in total. The second-order valence-corrected chi connectivity index (χ2v) is 6.71. The van der Waals surface area contributed by atoms with Crippen LogP contribution in [0.15, 0.2) is 46.9 Å². The Labute approximate surface area is 164 Å². The van der Waals surface area contributed by atoms with Crippen LogP contribution in [0, 0.1) is 0 Å². The minimum Gasteiger partial charge on any atom is -0.496 e. The fourth-order valence-electron chi connectivity index (χ4n) is 2.19. The number of rotatable bonds is 8. The summed E-state index contributed by atoms with van der Waals surface area (Å²) < 4.78 is 10.8. The molecule has 136 valence electrons. The van der Waals surface area contributed by atoms with E-state index < -0.39 is 5.97 Å². The molecule has 0 bridgehead atoms. The summed E-state index contributed by atoms with van der Waals surface area (Å²) in [5.41, 5.74) is 0.782. The monoisotopic (exact) mass is 438 g/mol. The normalized spacial score (nSPS) is 10.3. The molecule has 0 amide bonds. The van der Waals surface area contributed by atoms with Gasteiger partial charge in [-0.25, -0.2) is 0 Å². The summed E-state index contributed by atoms with van der Waals surface area (Å²) in [6, 6.07) is 11.3. The van der Waals surface area contributed by atoms with Crippen molar-refractivity contribution in [2.45, 2.75) is 12.8 Å². The van der Waals surface area contributed by atoms with Crippen molar-refractivity contribution in [3.05, 3.63) is 63.1 Å². The van der Waals surface area contributed by atoms with E-state index in [1.54, 1.807) is 42.5 Å². The molecule has 0 N–H and O–H groups in total. The summed E-state index contributed by atoms with van der Waals surface area (Å²) in [4.78, 5) is 36.0. The molecule has 0 spiro atoms. The van der Waals surface area contributed by atoms with Crippen molar-refractivity contribution in [1.82, 2.24) is 0 Å². The smallest absolute Gasteiger partial charge is 0.306 e. The summed E-state index contributed by atoms with van der Waals surface area (Å²) in [6.45, 7) is -0.380. The van der Waals surface area contributed by atoms with Crippen LogP contribution < -0.4 is 4.74 Å². The van der Waals surface area contributed by atoms with E-state index in [2.05, 4.69) is 15.9 Å². The van der Waals surface area contributed by atoms with Crippen molar-refractivity contribution in [2.24, 2.45) is 0 Å². The SMILES string of the molecule is COc1ccc(Br)cc1C(=O)CCC(=O)OCC(=O)c1ccc(Cl)cc1. The largest absolute Gasteiger partial charge is 0.496 e. The molecule has 0 saturated heterocycles. The van der Waals surface area contributed by atoms with E-state index in [1.807, 2.05) is 0 Å². The molecule has 0 aliphatic rings. The number of Topliss-reactive ketones (excluding diaryl/α,β-unsaturated/α-hetero) is 2. The predicted octanol–water partition coefficient (Wildman–Crippen LogP) is 4.50. The first-order valence-electron chi connectivity index (χ1n) is 7.72. The maximum absolute atomic E-state index is 12.3. The van der Waals surface area contributed by atoms with Crippen LogP contribution in [0.2, 0.25) is 5.02 Å². The van der Waals surface area contributed by atoms with Gasteiger partial charge in [-0.3, -0.25) is 14.4 Å². The van der Waals surface area contributed by atoms with Gasteiger partial charge in [-0.15, -0.1) is 0 Å². The van der Waals surface area contributed by atoms with Gasteiger partial charge >= 0.3 is 5.97 Å². The summed E-state index contributed by atoms with van der Waals surface area (Å²) in [5, 5.41) is 0.514. The lowest BCUT2D eigenvalue weighted by Gasteiger charge is -2.08. The van der Waals surface area contributed by atoms with Gasteiger partial charge in [0.1, 0.15) is 5.75 Å². The average molecular weight is 440 g/mol. The fourth-order valence-corrected chi connectivity index (χ4v) is 2.67. The number of hydrogen-bond donors (Lipinski definition) is 0. The molecule has 2 rings (SSSR count). The number of carbonyl (C=O) groups excluding carboxylic acids is 3. The van der Waals surface area contributed by atoms with Crippen LogP contribution >= 0.6 is 27.5 Å². The number of ether oxygens (including phenoxy) is 2. The molecular weight excluding hydrogens is 424 g/mol. The van der Waals surface area contributed by atoms with Crippen molar-refractivity contribution in [1.29, 1.82) is 0 Å². The van der Waals surface area contributed by atoms with Gasteiger partial charge in [0.05, 0.1) is 19.1 Å². The minimum atomic E-state index is -0.616. The number of benzene rings is 2. The lowest BCUT2D eigenvalue weighted by molar-refractivity contribution is -0.142. The maximum Gasteiger partial charge on any atom is 0.306 e. The maximum atomic E-state index is 12.3. The molecule has 0 aliphatic carbocycles. The number of ketones is 2. The lowest BCUT2D eigenvalue weighted by Crippen LogP contribution is -2.15. The van der Waals surface area contributed by atoms with Crippen molar-refractivity contribution < 1.29 is 23.9 Å². The molecule has 0 saturated carbocycles. The summed E-state index contributed by atoms with van der Waals surface area (Å²) in [7, 11) is 1.47. The van der Waals surface area contributed by atoms with E-state index >= 15 is 0 Å². The Morgan fingerprint density at radius 1 is 1.00 bits per heavy atom. The molecule has 26 heavy (non-hydrogen) atoms. The van der Waals surface area contributed by atoms with Crippen molar-refractivity contribution in [3.63, 3.8) is 0 Å². The zero-order valence-corrected chi connectivity index (χ0v) is 16.3. The summed E-state index contributed by atoms with van der Waals surface area (Å²) in [5.74, 6) is -0.766. The minimum absolute atomic E-state index is 0.0409. The van der Waals surface area contributed by atoms with Gasteiger partial charge in [-0.1, -0.05) is 27.5 Å². The highest BCUT2D eigenvalue weighted by molar-refractivity contribution is 9.10. The Morgan fingerprint density at radius 2 is 1.69 bits per heavy atom. The van der Waals surface area contributed by atoms with Crippen molar-refractivity contribution in [2.75, 3.05) is 13.7 Å². The topological polar surface area (TPSA) is 69.7 Å². The fraction of sp³-hybridized carbons (Fsp3) is 0.211. The zero-order chi connectivity index (χ0) is 19.1. The van der Waals surface area contributed by atoms with E-state index in [4.69, 9.17) is 21.1 Å². The van der Waals surface area contributed by atoms with Crippen molar-refractivity contribution >= 4 is 45.1 Å². The van der Waals surface area contributed by atoms with Gasteiger partial charge in [-0.05, 0) is 42.5 Å². The van der Waals surface area contributed by atoms with Crippen LogP contribution in [-0.2, 0) is 9.53 Å². The molecule has 0 heterocycles. The predicted molar refractivity (Wildman–Crippen MR) is 101 cm³/mol. The molecule has 0 aromatic heterocycles. The third-order valence-electron chi connectivity index (χ3n) is 3.55. The molecule has 0 unspecified atom stereocenters. The Morgan fingerprint density at radius 3 is 2.35 bits per heavy atom. The molecule has 7 heteroatoms. The number of esters is 1. The van der Waals surface area contributed by atoms with Crippen LogP contribution in [0.5, 0.6) is 5.75 Å². The number of carbonyl (C=O) groups is 3. The second-order valence-electron chi connectivity index (χ2n) is 5.36. The van der Waals surface area contributed by atoms with Gasteiger partial charge in [0.25, 0.3) is 0 Å². The molecule has 0 fully saturated rings. The molecule has 2 aromatic rings. The summed E-state index contributed by atoms with van der Waals surface area (Å²) in [6.07, 6.45) is -0.164. The standard InChI is InChI=1S/C19H16BrClO5/c1-25-18-8-4-13(20)10-15(18)16(22)7-9-19(24)26-11-17(23)12-2-5-14(21)6-3-12/h2-6,8,10H,7,9,11H2,1H3. The van der Waals surface area contributed by atoms with Gasteiger partial charge in [0.15, 0.2) is 18.2 Å². The van der Waals surface area contributed by atoms with Crippen LogP contribution in [0.4, 0.5) is 0 Å². The van der Waals surface area contributed by atoms with Gasteiger partial charge in [0.2, 0.25) is 0 Å². The van der Waals surface area contributed by atoms with E-state index in [0.29, 0.717) is 21.9 Å². The highest BCUT2D eigenvalue weighted by Crippen LogP contribution is 2.24. The Balaban J connectivity index is 1.85.